The number of methoxy groups -OCH3 is 3. The number of carbonyl (C=O) groups is 1. The minimum atomic E-state index is -0.507. The zero-order chi connectivity index (χ0) is 22.4. The lowest BCUT2D eigenvalue weighted by Crippen LogP contribution is -2.17. The second-order valence-corrected chi connectivity index (χ2v) is 6.14. The smallest absolute Gasteiger partial charge is 0.273 e. The van der Waals surface area contributed by atoms with Crippen LogP contribution in [0, 0.1) is 10.1 Å². The molecule has 2 aromatic carbocycles. The summed E-state index contributed by atoms with van der Waals surface area (Å²) >= 11 is 0. The summed E-state index contributed by atoms with van der Waals surface area (Å²) in [6.07, 6.45) is 1.33. The Morgan fingerprint density at radius 3 is 2.35 bits per heavy atom. The zero-order valence-corrected chi connectivity index (χ0v) is 16.9. The van der Waals surface area contributed by atoms with Crippen LogP contribution in [0.4, 0.5) is 5.69 Å². The topological polar surface area (TPSA) is 125 Å². The number of carbonyl (C=O) groups excluding carboxylic acids is 1. The number of amides is 1. The number of hydrogen-bond acceptors (Lipinski definition) is 8. The van der Waals surface area contributed by atoms with Gasteiger partial charge in [0.15, 0.2) is 0 Å². The molecule has 0 radical (unpaired) electrons. The second-order valence-electron chi connectivity index (χ2n) is 6.14. The summed E-state index contributed by atoms with van der Waals surface area (Å²) in [5.41, 5.74) is 3.16. The van der Waals surface area contributed by atoms with Gasteiger partial charge < -0.3 is 18.6 Å². The summed E-state index contributed by atoms with van der Waals surface area (Å²) in [7, 11) is 4.39. The standard InChI is InChI=1S/C21H19N3O7/c1-28-16-8-13(9-17(11-16)29-2)21(25)23-22-12-15-5-7-19(31-15)18-6-4-14(24(26)27)10-20(18)30-3/h4-12H,1-3H3,(H,23,25)/b22-12-. The molecule has 0 bridgehead atoms. The first-order chi connectivity index (χ1) is 14.9. The van der Waals surface area contributed by atoms with E-state index in [4.69, 9.17) is 18.6 Å². The Bertz CT molecular complexity index is 1120. The van der Waals surface area contributed by atoms with Gasteiger partial charge in [-0.15, -0.1) is 0 Å². The number of benzene rings is 2. The molecular weight excluding hydrogens is 406 g/mol. The average molecular weight is 425 g/mol. The fourth-order valence-corrected chi connectivity index (χ4v) is 2.72. The molecule has 10 nitrogen and oxygen atoms in total. The summed E-state index contributed by atoms with van der Waals surface area (Å²) in [5, 5.41) is 14.8. The van der Waals surface area contributed by atoms with Gasteiger partial charge in [0.2, 0.25) is 0 Å². The highest BCUT2D eigenvalue weighted by molar-refractivity contribution is 5.95. The van der Waals surface area contributed by atoms with Gasteiger partial charge in [-0.3, -0.25) is 14.9 Å². The van der Waals surface area contributed by atoms with Crippen LogP contribution in [0.1, 0.15) is 16.1 Å². The molecule has 1 heterocycles. The van der Waals surface area contributed by atoms with Gasteiger partial charge in [-0.25, -0.2) is 5.43 Å². The fourth-order valence-electron chi connectivity index (χ4n) is 2.72. The molecule has 3 aromatic rings. The molecule has 0 aliphatic rings. The van der Waals surface area contributed by atoms with Crippen molar-refractivity contribution in [2.75, 3.05) is 21.3 Å². The predicted octanol–water partition coefficient (Wildman–Crippen LogP) is 3.64. The van der Waals surface area contributed by atoms with Crippen molar-refractivity contribution < 1.29 is 28.3 Å². The third-order valence-electron chi connectivity index (χ3n) is 4.26. The Labute approximate surface area is 177 Å². The summed E-state index contributed by atoms with van der Waals surface area (Å²) in [5.74, 6) is 1.57. The van der Waals surface area contributed by atoms with Crippen molar-refractivity contribution in [2.24, 2.45) is 5.10 Å². The zero-order valence-electron chi connectivity index (χ0n) is 16.9. The Morgan fingerprint density at radius 1 is 1.03 bits per heavy atom. The largest absolute Gasteiger partial charge is 0.497 e. The van der Waals surface area contributed by atoms with Crippen molar-refractivity contribution in [3.63, 3.8) is 0 Å². The molecule has 1 N–H and O–H groups in total. The molecule has 0 spiro atoms. The Balaban J connectivity index is 1.73. The van der Waals surface area contributed by atoms with Crippen LogP contribution in [0.3, 0.4) is 0 Å². The molecular formula is C21H19N3O7. The van der Waals surface area contributed by atoms with Crippen molar-refractivity contribution in [2.45, 2.75) is 0 Å². The van der Waals surface area contributed by atoms with E-state index in [-0.39, 0.29) is 5.69 Å². The van der Waals surface area contributed by atoms with Crippen molar-refractivity contribution in [3.05, 3.63) is 70.0 Å². The number of non-ortho nitro benzene ring substituents is 1. The first kappa shape index (κ1) is 21.4. The maximum absolute atomic E-state index is 12.3. The van der Waals surface area contributed by atoms with E-state index in [1.165, 1.54) is 45.7 Å². The predicted molar refractivity (Wildman–Crippen MR) is 112 cm³/mol. The van der Waals surface area contributed by atoms with Crippen LogP contribution < -0.4 is 19.6 Å². The number of hydrogen-bond donors (Lipinski definition) is 1. The van der Waals surface area contributed by atoms with E-state index in [9.17, 15) is 14.9 Å². The number of ether oxygens (including phenoxy) is 3. The molecule has 0 atom stereocenters. The van der Waals surface area contributed by atoms with E-state index >= 15 is 0 Å². The number of furan rings is 1. The van der Waals surface area contributed by atoms with Crippen LogP contribution >= 0.6 is 0 Å². The Hall–Kier alpha value is -4.34. The van der Waals surface area contributed by atoms with Crippen LogP contribution in [0.5, 0.6) is 17.2 Å². The number of nitrogens with one attached hydrogen (secondary N) is 1. The summed E-state index contributed by atoms with van der Waals surface area (Å²) in [6, 6.07) is 12.3. The maximum atomic E-state index is 12.3. The van der Waals surface area contributed by atoms with Gasteiger partial charge in [0.05, 0.1) is 44.1 Å². The highest BCUT2D eigenvalue weighted by Crippen LogP contribution is 2.34. The molecule has 10 heteroatoms. The normalized spacial score (nSPS) is 10.7. The van der Waals surface area contributed by atoms with Gasteiger partial charge in [-0.1, -0.05) is 0 Å². The molecule has 3 rings (SSSR count). The van der Waals surface area contributed by atoms with E-state index in [0.29, 0.717) is 39.9 Å². The average Bonchev–Trinajstić information content (AvgIpc) is 3.26. The van der Waals surface area contributed by atoms with Gasteiger partial charge in [-0.05, 0) is 30.3 Å². The SMILES string of the molecule is COc1cc(OC)cc(C(=O)N/N=C\c2ccc(-c3ccc([N+](=O)[O-])cc3OC)o2)c1. The van der Waals surface area contributed by atoms with Gasteiger partial charge in [-0.2, -0.15) is 5.10 Å². The monoisotopic (exact) mass is 425 g/mol. The first-order valence-electron chi connectivity index (χ1n) is 8.94. The molecule has 31 heavy (non-hydrogen) atoms. The van der Waals surface area contributed by atoms with Crippen molar-refractivity contribution in [3.8, 4) is 28.6 Å². The highest BCUT2D eigenvalue weighted by Gasteiger charge is 2.15. The van der Waals surface area contributed by atoms with Crippen molar-refractivity contribution >= 4 is 17.8 Å². The third kappa shape index (κ3) is 4.99. The van der Waals surface area contributed by atoms with E-state index < -0.39 is 10.8 Å². The summed E-state index contributed by atoms with van der Waals surface area (Å²) in [4.78, 5) is 22.8. The summed E-state index contributed by atoms with van der Waals surface area (Å²) in [6.45, 7) is 0. The molecule has 160 valence electrons. The van der Waals surface area contributed by atoms with Crippen molar-refractivity contribution in [1.82, 2.24) is 5.43 Å². The van der Waals surface area contributed by atoms with Crippen LogP contribution in [0.2, 0.25) is 0 Å². The van der Waals surface area contributed by atoms with Gasteiger partial charge >= 0.3 is 0 Å². The molecule has 0 fully saturated rings. The first-order valence-corrected chi connectivity index (χ1v) is 8.94. The third-order valence-corrected chi connectivity index (χ3v) is 4.26. The number of nitro groups is 1. The second kappa shape index (κ2) is 9.44. The van der Waals surface area contributed by atoms with Crippen LogP contribution in [0.15, 0.2) is 58.0 Å². The van der Waals surface area contributed by atoms with Crippen LogP contribution in [-0.4, -0.2) is 38.4 Å². The number of hydrazone groups is 1. The van der Waals surface area contributed by atoms with Gasteiger partial charge in [0, 0.05) is 17.7 Å². The van der Waals surface area contributed by atoms with Gasteiger partial charge in [0.25, 0.3) is 11.6 Å². The molecule has 0 saturated heterocycles. The molecule has 1 amide bonds. The molecule has 1 aromatic heterocycles. The minimum absolute atomic E-state index is 0.0918. The number of nitrogens with zero attached hydrogens (tertiary/aromatic N) is 2. The molecule has 0 saturated carbocycles. The summed E-state index contributed by atoms with van der Waals surface area (Å²) < 4.78 is 21.2. The van der Waals surface area contributed by atoms with Crippen LogP contribution in [-0.2, 0) is 0 Å². The molecule has 0 aliphatic heterocycles. The fraction of sp³-hybridized carbons (Fsp3) is 0.143. The Kier molecular flexibility index (Phi) is 6.51. The minimum Gasteiger partial charge on any atom is -0.497 e. The highest BCUT2D eigenvalue weighted by atomic mass is 16.6. The number of nitro benzene ring substituents is 1. The van der Waals surface area contributed by atoms with E-state index in [0.717, 1.165) is 0 Å². The van der Waals surface area contributed by atoms with Crippen molar-refractivity contribution in [1.29, 1.82) is 0 Å². The quantitative estimate of drug-likeness (QED) is 0.332. The maximum Gasteiger partial charge on any atom is 0.273 e. The van der Waals surface area contributed by atoms with Gasteiger partial charge in [0.1, 0.15) is 28.8 Å². The molecule has 0 unspecified atom stereocenters. The number of rotatable bonds is 8. The lowest BCUT2D eigenvalue weighted by atomic mass is 10.1. The van der Waals surface area contributed by atoms with E-state index in [2.05, 4.69) is 10.5 Å². The molecule has 0 aliphatic carbocycles. The lowest BCUT2D eigenvalue weighted by Gasteiger charge is -2.07. The lowest BCUT2D eigenvalue weighted by molar-refractivity contribution is -0.384. The van der Waals surface area contributed by atoms with E-state index in [1.54, 1.807) is 30.3 Å². The van der Waals surface area contributed by atoms with Crippen LogP contribution in [0.25, 0.3) is 11.3 Å². The Morgan fingerprint density at radius 2 is 1.74 bits per heavy atom. The van der Waals surface area contributed by atoms with E-state index in [1.807, 2.05) is 0 Å².